The standard InChI is InChI=1S/C14H19FN2O3S/c1-10(14(18)17-12-6-7-16-8-12)9-21(19,20)13-4-2-11(15)3-5-13/h2-5,10,12,16H,6-9H2,1H3,(H,17,18). The fourth-order valence-electron chi connectivity index (χ4n) is 2.26. The van der Waals surface area contributed by atoms with Crippen LogP contribution in [0.5, 0.6) is 0 Å². The van der Waals surface area contributed by atoms with Crippen molar-refractivity contribution in [3.63, 3.8) is 0 Å². The molecule has 21 heavy (non-hydrogen) atoms. The van der Waals surface area contributed by atoms with Gasteiger partial charge in [-0.2, -0.15) is 0 Å². The summed E-state index contributed by atoms with van der Waals surface area (Å²) >= 11 is 0. The number of nitrogens with one attached hydrogen (secondary N) is 2. The van der Waals surface area contributed by atoms with Crippen LogP contribution in [0.1, 0.15) is 13.3 Å². The Morgan fingerprint density at radius 1 is 1.43 bits per heavy atom. The van der Waals surface area contributed by atoms with Gasteiger partial charge in [0.25, 0.3) is 0 Å². The first-order chi connectivity index (χ1) is 9.88. The summed E-state index contributed by atoms with van der Waals surface area (Å²) < 4.78 is 37.2. The van der Waals surface area contributed by atoms with Gasteiger partial charge in [-0.15, -0.1) is 0 Å². The van der Waals surface area contributed by atoms with Gasteiger partial charge in [-0.3, -0.25) is 4.79 Å². The average molecular weight is 314 g/mol. The molecule has 0 spiro atoms. The van der Waals surface area contributed by atoms with Crippen molar-refractivity contribution in [3.8, 4) is 0 Å². The topological polar surface area (TPSA) is 75.3 Å². The third kappa shape index (κ3) is 4.25. The molecule has 1 aromatic rings. The molecular weight excluding hydrogens is 295 g/mol. The minimum absolute atomic E-state index is 0.0334. The zero-order valence-electron chi connectivity index (χ0n) is 11.8. The Labute approximate surface area is 123 Å². The SMILES string of the molecule is CC(CS(=O)(=O)c1ccc(F)cc1)C(=O)NC1CCNC1. The zero-order chi connectivity index (χ0) is 15.5. The van der Waals surface area contributed by atoms with Gasteiger partial charge in [-0.1, -0.05) is 6.92 Å². The van der Waals surface area contributed by atoms with E-state index in [0.717, 1.165) is 25.1 Å². The molecule has 0 radical (unpaired) electrons. The van der Waals surface area contributed by atoms with Crippen molar-refractivity contribution in [2.24, 2.45) is 5.92 Å². The Hall–Kier alpha value is -1.47. The smallest absolute Gasteiger partial charge is 0.224 e. The van der Waals surface area contributed by atoms with Crippen LogP contribution in [0.2, 0.25) is 0 Å². The fourth-order valence-corrected chi connectivity index (χ4v) is 3.82. The first-order valence-corrected chi connectivity index (χ1v) is 8.53. The van der Waals surface area contributed by atoms with Gasteiger partial charge in [-0.05, 0) is 37.2 Å². The van der Waals surface area contributed by atoms with Crippen LogP contribution >= 0.6 is 0 Å². The van der Waals surface area contributed by atoms with Crippen LogP contribution in [0, 0.1) is 11.7 Å². The summed E-state index contributed by atoms with van der Waals surface area (Å²) in [6.07, 6.45) is 0.850. The summed E-state index contributed by atoms with van der Waals surface area (Å²) in [5.74, 6) is -1.70. The lowest BCUT2D eigenvalue weighted by atomic mass is 10.2. The Balaban J connectivity index is 1.98. The Kier molecular flexibility index (Phi) is 4.95. The number of carbonyl (C=O) groups is 1. The van der Waals surface area contributed by atoms with Gasteiger partial charge in [0.1, 0.15) is 5.82 Å². The maximum atomic E-state index is 12.8. The van der Waals surface area contributed by atoms with Crippen molar-refractivity contribution in [1.82, 2.24) is 10.6 Å². The summed E-state index contributed by atoms with van der Waals surface area (Å²) in [6.45, 7) is 3.15. The monoisotopic (exact) mass is 314 g/mol. The molecule has 1 aromatic carbocycles. The Morgan fingerprint density at radius 3 is 2.67 bits per heavy atom. The van der Waals surface area contributed by atoms with Gasteiger partial charge in [0.2, 0.25) is 5.91 Å². The highest BCUT2D eigenvalue weighted by Gasteiger charge is 2.25. The highest BCUT2D eigenvalue weighted by molar-refractivity contribution is 7.91. The molecule has 2 N–H and O–H groups in total. The van der Waals surface area contributed by atoms with E-state index in [1.807, 2.05) is 0 Å². The third-order valence-corrected chi connectivity index (χ3v) is 5.43. The van der Waals surface area contributed by atoms with Crippen molar-refractivity contribution in [1.29, 1.82) is 0 Å². The van der Waals surface area contributed by atoms with E-state index in [9.17, 15) is 17.6 Å². The Bertz CT molecular complexity index is 595. The van der Waals surface area contributed by atoms with E-state index in [0.29, 0.717) is 6.54 Å². The molecule has 1 aliphatic rings. The van der Waals surface area contributed by atoms with Gasteiger partial charge in [0, 0.05) is 18.5 Å². The summed E-state index contributed by atoms with van der Waals surface area (Å²) in [5, 5.41) is 5.96. The molecule has 1 fully saturated rings. The maximum absolute atomic E-state index is 12.8. The number of sulfone groups is 1. The van der Waals surface area contributed by atoms with Crippen LogP contribution in [-0.4, -0.2) is 39.2 Å². The van der Waals surface area contributed by atoms with Gasteiger partial charge in [0.05, 0.1) is 10.6 Å². The molecular formula is C14H19FN2O3S. The second-order valence-corrected chi connectivity index (χ2v) is 7.37. The van der Waals surface area contributed by atoms with Gasteiger partial charge >= 0.3 is 0 Å². The zero-order valence-corrected chi connectivity index (χ0v) is 12.6. The second-order valence-electron chi connectivity index (χ2n) is 5.33. The van der Waals surface area contributed by atoms with Crippen LogP contribution in [0.3, 0.4) is 0 Å². The van der Waals surface area contributed by atoms with Gasteiger partial charge < -0.3 is 10.6 Å². The summed E-state index contributed by atoms with van der Waals surface area (Å²) in [6, 6.07) is 4.70. The van der Waals surface area contributed by atoms with E-state index in [2.05, 4.69) is 10.6 Å². The van der Waals surface area contributed by atoms with Crippen molar-refractivity contribution in [2.45, 2.75) is 24.3 Å². The minimum Gasteiger partial charge on any atom is -0.352 e. The molecule has 2 rings (SSSR count). The predicted molar refractivity (Wildman–Crippen MR) is 77.0 cm³/mol. The van der Waals surface area contributed by atoms with E-state index in [1.165, 1.54) is 12.1 Å². The summed E-state index contributed by atoms with van der Waals surface area (Å²) in [4.78, 5) is 12.0. The van der Waals surface area contributed by atoms with Crippen molar-refractivity contribution in [3.05, 3.63) is 30.1 Å². The molecule has 1 saturated heterocycles. The van der Waals surface area contributed by atoms with Crippen LogP contribution < -0.4 is 10.6 Å². The molecule has 0 aromatic heterocycles. The molecule has 2 atom stereocenters. The fraction of sp³-hybridized carbons (Fsp3) is 0.500. The number of halogens is 1. The summed E-state index contributed by atoms with van der Waals surface area (Å²) in [7, 11) is -3.60. The number of amides is 1. The maximum Gasteiger partial charge on any atom is 0.224 e. The quantitative estimate of drug-likeness (QED) is 0.785. The van der Waals surface area contributed by atoms with Gasteiger partial charge in [0.15, 0.2) is 9.84 Å². The van der Waals surface area contributed by atoms with Crippen LogP contribution in [0.4, 0.5) is 4.39 Å². The predicted octanol–water partition coefficient (Wildman–Crippen LogP) is 0.714. The van der Waals surface area contributed by atoms with Crippen LogP contribution in [-0.2, 0) is 14.6 Å². The second kappa shape index (κ2) is 6.53. The molecule has 0 aliphatic carbocycles. The van der Waals surface area contributed by atoms with E-state index in [1.54, 1.807) is 6.92 Å². The van der Waals surface area contributed by atoms with E-state index >= 15 is 0 Å². The van der Waals surface area contributed by atoms with Crippen LogP contribution in [0.15, 0.2) is 29.2 Å². The van der Waals surface area contributed by atoms with E-state index in [-0.39, 0.29) is 22.6 Å². The van der Waals surface area contributed by atoms with Crippen molar-refractivity contribution >= 4 is 15.7 Å². The van der Waals surface area contributed by atoms with Crippen LogP contribution in [0.25, 0.3) is 0 Å². The van der Waals surface area contributed by atoms with E-state index in [4.69, 9.17) is 0 Å². The number of hydrogen-bond donors (Lipinski definition) is 2. The number of benzene rings is 1. The first-order valence-electron chi connectivity index (χ1n) is 6.88. The highest BCUT2D eigenvalue weighted by Crippen LogP contribution is 2.15. The third-order valence-electron chi connectivity index (χ3n) is 3.50. The lowest BCUT2D eigenvalue weighted by Crippen LogP contribution is -2.41. The minimum atomic E-state index is -3.60. The molecule has 1 aliphatic heterocycles. The first kappa shape index (κ1) is 15.9. The van der Waals surface area contributed by atoms with Crippen molar-refractivity contribution in [2.75, 3.05) is 18.8 Å². The normalized spacial score (nSPS) is 20.2. The molecule has 0 saturated carbocycles. The number of hydrogen-bond acceptors (Lipinski definition) is 4. The van der Waals surface area contributed by atoms with Gasteiger partial charge in [-0.25, -0.2) is 12.8 Å². The van der Waals surface area contributed by atoms with E-state index < -0.39 is 21.6 Å². The van der Waals surface area contributed by atoms with Crippen molar-refractivity contribution < 1.29 is 17.6 Å². The lowest BCUT2D eigenvalue weighted by molar-refractivity contribution is -0.124. The highest BCUT2D eigenvalue weighted by atomic mass is 32.2. The molecule has 2 unspecified atom stereocenters. The molecule has 0 bridgehead atoms. The molecule has 5 nitrogen and oxygen atoms in total. The molecule has 1 heterocycles. The number of rotatable bonds is 5. The summed E-state index contributed by atoms with van der Waals surface area (Å²) in [5.41, 5.74) is 0. The number of carbonyl (C=O) groups excluding carboxylic acids is 1. The Morgan fingerprint density at radius 2 is 2.10 bits per heavy atom. The molecule has 1 amide bonds. The molecule has 116 valence electrons. The molecule has 7 heteroatoms. The average Bonchev–Trinajstić information content (AvgIpc) is 2.91. The largest absolute Gasteiger partial charge is 0.352 e. The lowest BCUT2D eigenvalue weighted by Gasteiger charge is -2.16.